The van der Waals surface area contributed by atoms with Gasteiger partial charge in [0, 0.05) is 31.1 Å². The van der Waals surface area contributed by atoms with Crippen molar-refractivity contribution in [1.82, 2.24) is 15.5 Å². The van der Waals surface area contributed by atoms with Crippen molar-refractivity contribution in [2.75, 3.05) is 18.0 Å². The molecule has 0 aliphatic carbocycles. The van der Waals surface area contributed by atoms with Gasteiger partial charge in [0.1, 0.15) is 5.82 Å². The number of rotatable bonds is 6. The average molecular weight is 433 g/mol. The van der Waals surface area contributed by atoms with E-state index in [-0.39, 0.29) is 17.6 Å². The maximum absolute atomic E-state index is 13.4. The fourth-order valence-electron chi connectivity index (χ4n) is 4.02. The van der Waals surface area contributed by atoms with Crippen LogP contribution in [0.15, 0.2) is 60.7 Å². The maximum Gasteiger partial charge on any atom is 0.223 e. The summed E-state index contributed by atoms with van der Waals surface area (Å²) < 4.78 is 13.4. The number of amides is 1. The molecule has 0 spiro atoms. The lowest BCUT2D eigenvalue weighted by Gasteiger charge is -2.31. The van der Waals surface area contributed by atoms with Crippen LogP contribution in [-0.4, -0.2) is 29.2 Å². The van der Waals surface area contributed by atoms with E-state index >= 15 is 0 Å². The molecular weight excluding hydrogens is 403 g/mol. The van der Waals surface area contributed by atoms with Gasteiger partial charge in [-0.25, -0.2) is 4.39 Å². The van der Waals surface area contributed by atoms with Gasteiger partial charge in [0.2, 0.25) is 5.91 Å². The lowest BCUT2D eigenvalue weighted by atomic mass is 9.95. The number of carbonyl (C=O) groups is 1. The third kappa shape index (κ3) is 5.31. The van der Waals surface area contributed by atoms with Crippen molar-refractivity contribution >= 4 is 11.7 Å². The lowest BCUT2D eigenvalue weighted by Crippen LogP contribution is -2.40. The Morgan fingerprint density at radius 1 is 1.06 bits per heavy atom. The summed E-state index contributed by atoms with van der Waals surface area (Å²) in [7, 11) is 0. The van der Waals surface area contributed by atoms with Crippen LogP contribution >= 0.6 is 0 Å². The first-order valence-electron chi connectivity index (χ1n) is 11.2. The number of benzene rings is 2. The number of carbonyl (C=O) groups excluding carboxylic acids is 1. The summed E-state index contributed by atoms with van der Waals surface area (Å²) in [5.41, 5.74) is 3.77. The summed E-state index contributed by atoms with van der Waals surface area (Å²) in [5, 5.41) is 11.7. The number of piperidine rings is 1. The molecule has 1 saturated heterocycles. The Kier molecular flexibility index (Phi) is 6.78. The summed E-state index contributed by atoms with van der Waals surface area (Å²) in [5.74, 6) is 1.13. The largest absolute Gasteiger partial charge is 0.355 e. The molecule has 2 aromatic carbocycles. The van der Waals surface area contributed by atoms with E-state index in [1.807, 2.05) is 18.2 Å². The molecule has 1 aliphatic heterocycles. The minimum Gasteiger partial charge on any atom is -0.355 e. The summed E-state index contributed by atoms with van der Waals surface area (Å²) >= 11 is 0. The van der Waals surface area contributed by atoms with Crippen molar-refractivity contribution in [2.45, 2.75) is 39.2 Å². The van der Waals surface area contributed by atoms with Crippen LogP contribution in [0.25, 0.3) is 11.3 Å². The molecule has 1 amide bonds. The topological polar surface area (TPSA) is 58.1 Å². The Labute approximate surface area is 188 Å². The summed E-state index contributed by atoms with van der Waals surface area (Å²) in [6, 6.07) is 18.5. The zero-order valence-electron chi connectivity index (χ0n) is 18.6. The number of halogens is 1. The number of anilines is 1. The van der Waals surface area contributed by atoms with Crippen LogP contribution in [0.4, 0.5) is 10.2 Å². The smallest absolute Gasteiger partial charge is 0.223 e. The van der Waals surface area contributed by atoms with Crippen molar-refractivity contribution in [3.63, 3.8) is 0 Å². The molecule has 0 bridgehead atoms. The normalized spacial score (nSPS) is 14.6. The van der Waals surface area contributed by atoms with Crippen LogP contribution in [0.3, 0.4) is 0 Å². The quantitative estimate of drug-likeness (QED) is 0.600. The van der Waals surface area contributed by atoms with E-state index in [1.54, 1.807) is 6.07 Å². The summed E-state index contributed by atoms with van der Waals surface area (Å²) in [6.07, 6.45) is 1.57. The van der Waals surface area contributed by atoms with E-state index in [2.05, 4.69) is 58.5 Å². The van der Waals surface area contributed by atoms with Gasteiger partial charge in [-0.05, 0) is 54.2 Å². The van der Waals surface area contributed by atoms with E-state index in [1.165, 1.54) is 17.7 Å². The first-order valence-corrected chi connectivity index (χ1v) is 11.2. The summed E-state index contributed by atoms with van der Waals surface area (Å²) in [4.78, 5) is 14.8. The van der Waals surface area contributed by atoms with E-state index < -0.39 is 0 Å². The number of aromatic nitrogens is 2. The highest BCUT2D eigenvalue weighted by atomic mass is 19.1. The molecule has 32 heavy (non-hydrogen) atoms. The fraction of sp³-hybridized carbons (Fsp3) is 0.346. The van der Waals surface area contributed by atoms with Gasteiger partial charge >= 0.3 is 0 Å². The molecule has 2 heterocycles. The first-order chi connectivity index (χ1) is 15.5. The van der Waals surface area contributed by atoms with Crippen LogP contribution in [-0.2, 0) is 11.3 Å². The molecule has 6 heteroatoms. The van der Waals surface area contributed by atoms with E-state index in [0.717, 1.165) is 37.3 Å². The van der Waals surface area contributed by atoms with Gasteiger partial charge in [0.25, 0.3) is 0 Å². The molecule has 3 aromatic rings. The highest BCUT2D eigenvalue weighted by Gasteiger charge is 2.25. The van der Waals surface area contributed by atoms with E-state index in [9.17, 15) is 9.18 Å². The highest BCUT2D eigenvalue weighted by molar-refractivity contribution is 5.79. The maximum atomic E-state index is 13.4. The van der Waals surface area contributed by atoms with Gasteiger partial charge in [0.15, 0.2) is 5.82 Å². The van der Waals surface area contributed by atoms with Gasteiger partial charge in [-0.2, -0.15) is 0 Å². The molecule has 4 rings (SSSR count). The average Bonchev–Trinajstić information content (AvgIpc) is 2.83. The Bertz CT molecular complexity index is 1040. The van der Waals surface area contributed by atoms with Crippen LogP contribution in [0.2, 0.25) is 0 Å². The molecule has 166 valence electrons. The monoisotopic (exact) mass is 432 g/mol. The predicted molar refractivity (Wildman–Crippen MR) is 125 cm³/mol. The van der Waals surface area contributed by atoms with Crippen LogP contribution in [0.1, 0.15) is 43.7 Å². The Morgan fingerprint density at radius 2 is 1.81 bits per heavy atom. The van der Waals surface area contributed by atoms with Crippen molar-refractivity contribution in [3.8, 4) is 11.3 Å². The van der Waals surface area contributed by atoms with Gasteiger partial charge in [-0.3, -0.25) is 4.79 Å². The second-order valence-corrected chi connectivity index (χ2v) is 8.66. The molecule has 1 N–H and O–H groups in total. The number of hydrogen-bond donors (Lipinski definition) is 1. The van der Waals surface area contributed by atoms with Gasteiger partial charge in [-0.15, -0.1) is 10.2 Å². The molecule has 1 aromatic heterocycles. The molecule has 1 aliphatic rings. The van der Waals surface area contributed by atoms with Crippen LogP contribution in [0.5, 0.6) is 0 Å². The minimum absolute atomic E-state index is 0.0145. The van der Waals surface area contributed by atoms with Crippen LogP contribution < -0.4 is 10.2 Å². The lowest BCUT2D eigenvalue weighted by molar-refractivity contribution is -0.125. The van der Waals surface area contributed by atoms with E-state index in [4.69, 9.17) is 0 Å². The van der Waals surface area contributed by atoms with Gasteiger partial charge in [-0.1, -0.05) is 50.2 Å². The molecule has 5 nitrogen and oxygen atoms in total. The van der Waals surface area contributed by atoms with Crippen molar-refractivity contribution < 1.29 is 9.18 Å². The standard InChI is InChI=1S/C26H29FN4O/c1-18(2)20-8-6-19(7-9-20)17-28-26(32)21-12-14-31(15-13-21)25-11-10-24(29-30-25)22-4-3-5-23(27)16-22/h3-11,16,18,21H,12-15,17H2,1-2H3,(H,28,32). The first kappa shape index (κ1) is 21.9. The van der Waals surface area contributed by atoms with Crippen LogP contribution in [0, 0.1) is 11.7 Å². The Morgan fingerprint density at radius 3 is 2.44 bits per heavy atom. The molecule has 0 radical (unpaired) electrons. The third-order valence-electron chi connectivity index (χ3n) is 6.07. The Balaban J connectivity index is 1.27. The second-order valence-electron chi connectivity index (χ2n) is 8.66. The van der Waals surface area contributed by atoms with Crippen molar-refractivity contribution in [1.29, 1.82) is 0 Å². The SMILES string of the molecule is CC(C)c1ccc(CNC(=O)C2CCN(c3ccc(-c4cccc(F)c4)nn3)CC2)cc1. The number of nitrogens with zero attached hydrogens (tertiary/aromatic N) is 3. The molecule has 1 fully saturated rings. The number of hydrogen-bond acceptors (Lipinski definition) is 4. The van der Waals surface area contributed by atoms with E-state index in [0.29, 0.717) is 23.7 Å². The zero-order valence-corrected chi connectivity index (χ0v) is 18.6. The molecule has 0 atom stereocenters. The van der Waals surface area contributed by atoms with Gasteiger partial charge < -0.3 is 10.2 Å². The minimum atomic E-state index is -0.290. The summed E-state index contributed by atoms with van der Waals surface area (Å²) in [6.45, 7) is 6.43. The molecule has 0 unspecified atom stereocenters. The third-order valence-corrected chi connectivity index (χ3v) is 6.07. The zero-order chi connectivity index (χ0) is 22.5. The Hall–Kier alpha value is -3.28. The number of nitrogens with one attached hydrogen (secondary N) is 1. The predicted octanol–water partition coefficient (Wildman–Crippen LogP) is 4.94. The molecule has 0 saturated carbocycles. The van der Waals surface area contributed by atoms with Crippen molar-refractivity contribution in [3.05, 3.63) is 77.6 Å². The fourth-order valence-corrected chi connectivity index (χ4v) is 4.02. The highest BCUT2D eigenvalue weighted by Crippen LogP contribution is 2.24. The van der Waals surface area contributed by atoms with Crippen molar-refractivity contribution in [2.24, 2.45) is 5.92 Å². The molecular formula is C26H29FN4O. The second kappa shape index (κ2) is 9.90. The van der Waals surface area contributed by atoms with Gasteiger partial charge in [0.05, 0.1) is 5.69 Å².